The first kappa shape index (κ1) is 16.9. The number of carbonyl (C=O) groups is 2. The summed E-state index contributed by atoms with van der Waals surface area (Å²) in [7, 11) is 1.27. The molecule has 0 heterocycles. The maximum absolute atomic E-state index is 12.3. The van der Waals surface area contributed by atoms with Crippen molar-refractivity contribution in [1.29, 1.82) is 0 Å². The lowest BCUT2D eigenvalue weighted by molar-refractivity contribution is -0.150. The molecule has 5 nitrogen and oxygen atoms in total. The average Bonchev–Trinajstić information content (AvgIpc) is 2.50. The minimum absolute atomic E-state index is 0.0932. The lowest BCUT2D eigenvalue weighted by atomic mass is 9.68. The number of nitrogens with zero attached hydrogens (tertiary/aromatic N) is 1. The highest BCUT2D eigenvalue weighted by atomic mass is 16.5. The molecule has 122 valence electrons. The van der Waals surface area contributed by atoms with Crippen molar-refractivity contribution in [3.8, 4) is 0 Å². The normalized spacial score (nSPS) is 20.8. The summed E-state index contributed by atoms with van der Waals surface area (Å²) >= 11 is 0. The predicted octanol–water partition coefficient (Wildman–Crippen LogP) is 2.86. The molecular weight excluding hydrogens is 294 g/mol. The van der Waals surface area contributed by atoms with Crippen molar-refractivity contribution in [1.82, 2.24) is 0 Å². The number of aliphatic imine (C=N–C) groups is 1. The number of carbonyl (C=O) groups excluding carboxylic acids is 2. The fraction of sp³-hybridized carbons (Fsp3) is 0.389. The van der Waals surface area contributed by atoms with Gasteiger partial charge in [0.2, 0.25) is 0 Å². The topological polar surface area (TPSA) is 76.0 Å². The molecule has 0 aromatic heterocycles. The highest BCUT2D eigenvalue weighted by molar-refractivity contribution is 6.15. The Balaban J connectivity index is 2.27. The van der Waals surface area contributed by atoms with E-state index in [1.165, 1.54) is 13.3 Å². The van der Waals surface area contributed by atoms with Gasteiger partial charge in [-0.15, -0.1) is 0 Å². The van der Waals surface area contributed by atoms with Crippen LogP contribution in [0.3, 0.4) is 0 Å². The van der Waals surface area contributed by atoms with Gasteiger partial charge in [-0.2, -0.15) is 0 Å². The minimum Gasteiger partial charge on any atom is -0.511 e. The number of ether oxygens (including phenoxy) is 1. The number of esters is 1. The lowest BCUT2D eigenvalue weighted by Crippen LogP contribution is -2.40. The summed E-state index contributed by atoms with van der Waals surface area (Å²) in [6.07, 6.45) is 1.51. The maximum Gasteiger partial charge on any atom is 0.316 e. The van der Waals surface area contributed by atoms with E-state index >= 15 is 0 Å². The number of methoxy groups -OCH3 is 1. The Kier molecular flexibility index (Phi) is 4.98. The van der Waals surface area contributed by atoms with Crippen molar-refractivity contribution >= 4 is 18.0 Å². The van der Waals surface area contributed by atoms with Crippen LogP contribution >= 0.6 is 0 Å². The third kappa shape index (κ3) is 3.67. The van der Waals surface area contributed by atoms with E-state index in [9.17, 15) is 14.7 Å². The number of benzene rings is 1. The Hall–Kier alpha value is -2.43. The van der Waals surface area contributed by atoms with Crippen LogP contribution < -0.4 is 0 Å². The van der Waals surface area contributed by atoms with E-state index in [-0.39, 0.29) is 23.5 Å². The highest BCUT2D eigenvalue weighted by Crippen LogP contribution is 2.41. The number of hydrogen-bond acceptors (Lipinski definition) is 5. The van der Waals surface area contributed by atoms with Crippen LogP contribution in [0.2, 0.25) is 0 Å². The van der Waals surface area contributed by atoms with Gasteiger partial charge in [-0.05, 0) is 11.0 Å². The highest BCUT2D eigenvalue weighted by Gasteiger charge is 2.46. The monoisotopic (exact) mass is 315 g/mol. The molecule has 1 aromatic carbocycles. The minimum atomic E-state index is -0.858. The van der Waals surface area contributed by atoms with Gasteiger partial charge in [-0.25, -0.2) is 0 Å². The van der Waals surface area contributed by atoms with Gasteiger partial charge < -0.3 is 9.84 Å². The number of aliphatic hydroxyl groups excluding tert-OH is 1. The van der Waals surface area contributed by atoms with Gasteiger partial charge >= 0.3 is 5.97 Å². The zero-order chi connectivity index (χ0) is 17.0. The van der Waals surface area contributed by atoms with Crippen molar-refractivity contribution in [2.75, 3.05) is 7.11 Å². The molecule has 0 amide bonds. The third-order valence-corrected chi connectivity index (χ3v) is 4.02. The molecule has 23 heavy (non-hydrogen) atoms. The quantitative estimate of drug-likeness (QED) is 0.685. The van der Waals surface area contributed by atoms with Gasteiger partial charge in [0.15, 0.2) is 5.78 Å². The van der Waals surface area contributed by atoms with Crippen LogP contribution in [-0.4, -0.2) is 30.2 Å². The fourth-order valence-electron chi connectivity index (χ4n) is 2.79. The lowest BCUT2D eigenvalue weighted by Gasteiger charge is -2.35. The summed E-state index contributed by atoms with van der Waals surface area (Å²) in [5, 5.41) is 10.4. The van der Waals surface area contributed by atoms with Crippen molar-refractivity contribution in [3.63, 3.8) is 0 Å². The molecule has 1 N–H and O–H groups in total. The number of Topliss-reactive ketones (excluding diaryl/α,β-unsaturated/α-hetero) is 1. The summed E-state index contributed by atoms with van der Waals surface area (Å²) in [6.45, 7) is 3.93. The van der Waals surface area contributed by atoms with Gasteiger partial charge in [0, 0.05) is 12.6 Å². The molecule has 1 aliphatic rings. The largest absolute Gasteiger partial charge is 0.511 e. The van der Waals surface area contributed by atoms with Crippen molar-refractivity contribution in [2.24, 2.45) is 16.3 Å². The van der Waals surface area contributed by atoms with Gasteiger partial charge in [0.25, 0.3) is 0 Å². The van der Waals surface area contributed by atoms with Crippen molar-refractivity contribution < 1.29 is 19.4 Å². The number of rotatable bonds is 4. The zero-order valence-corrected chi connectivity index (χ0v) is 13.6. The first-order valence-electron chi connectivity index (χ1n) is 7.44. The van der Waals surface area contributed by atoms with Crippen molar-refractivity contribution in [2.45, 2.75) is 26.8 Å². The Morgan fingerprint density at radius 2 is 2.04 bits per heavy atom. The molecule has 0 aliphatic heterocycles. The molecule has 0 radical (unpaired) electrons. The van der Waals surface area contributed by atoms with Crippen LogP contribution in [0.5, 0.6) is 0 Å². The second-order valence-corrected chi connectivity index (χ2v) is 6.30. The van der Waals surface area contributed by atoms with Crippen LogP contribution in [0.4, 0.5) is 0 Å². The van der Waals surface area contributed by atoms with Gasteiger partial charge in [0.05, 0.1) is 19.2 Å². The second kappa shape index (κ2) is 6.77. The molecule has 0 saturated heterocycles. The molecule has 5 heteroatoms. The van der Waals surface area contributed by atoms with Crippen LogP contribution in [0, 0.1) is 11.3 Å². The molecule has 1 aromatic rings. The smallest absolute Gasteiger partial charge is 0.316 e. The molecule has 2 rings (SSSR count). The first-order chi connectivity index (χ1) is 10.9. The van der Waals surface area contributed by atoms with Crippen LogP contribution in [0.15, 0.2) is 46.7 Å². The average molecular weight is 315 g/mol. The summed E-state index contributed by atoms with van der Waals surface area (Å²) in [5.74, 6) is -1.88. The molecular formula is C18H21NO4. The Labute approximate surface area is 135 Å². The number of allylic oxidation sites excluding steroid dienone is 1. The Bertz CT molecular complexity index is 659. The molecule has 1 aliphatic carbocycles. The van der Waals surface area contributed by atoms with Gasteiger partial charge in [0.1, 0.15) is 11.7 Å². The summed E-state index contributed by atoms with van der Waals surface area (Å²) in [6, 6.07) is 9.57. The van der Waals surface area contributed by atoms with E-state index in [2.05, 4.69) is 4.99 Å². The number of hydrogen-bond donors (Lipinski definition) is 1. The Morgan fingerprint density at radius 1 is 1.39 bits per heavy atom. The predicted molar refractivity (Wildman–Crippen MR) is 87.2 cm³/mol. The number of aliphatic hydroxyl groups is 1. The molecule has 0 saturated carbocycles. The van der Waals surface area contributed by atoms with E-state index in [1.54, 1.807) is 13.8 Å². The van der Waals surface area contributed by atoms with Gasteiger partial charge in [-0.3, -0.25) is 14.6 Å². The molecule has 1 atom stereocenters. The van der Waals surface area contributed by atoms with Gasteiger partial charge in [-0.1, -0.05) is 44.2 Å². The summed E-state index contributed by atoms with van der Waals surface area (Å²) < 4.78 is 4.76. The van der Waals surface area contributed by atoms with Crippen LogP contribution in [0.1, 0.15) is 25.8 Å². The molecule has 0 spiro atoms. The van der Waals surface area contributed by atoms with E-state index < -0.39 is 17.3 Å². The maximum atomic E-state index is 12.3. The van der Waals surface area contributed by atoms with Crippen LogP contribution in [0.25, 0.3) is 0 Å². The van der Waals surface area contributed by atoms with E-state index in [1.807, 2.05) is 30.3 Å². The molecule has 0 bridgehead atoms. The SMILES string of the molecule is COC(=O)[C@H]1C(O)=C(C=NCc2ccccc2)C(=O)CC1(C)C. The molecule has 0 unspecified atom stereocenters. The Morgan fingerprint density at radius 3 is 2.65 bits per heavy atom. The summed E-state index contributed by atoms with van der Waals surface area (Å²) in [4.78, 5) is 28.4. The van der Waals surface area contributed by atoms with E-state index in [0.717, 1.165) is 5.56 Å². The van der Waals surface area contributed by atoms with Crippen molar-refractivity contribution in [3.05, 3.63) is 47.2 Å². The first-order valence-corrected chi connectivity index (χ1v) is 7.44. The fourth-order valence-corrected chi connectivity index (χ4v) is 2.79. The van der Waals surface area contributed by atoms with Crippen LogP contribution in [-0.2, 0) is 20.9 Å². The summed E-state index contributed by atoms with van der Waals surface area (Å²) in [5.41, 5.74) is 0.401. The molecule has 0 fully saturated rings. The second-order valence-electron chi connectivity index (χ2n) is 6.30. The van der Waals surface area contributed by atoms with E-state index in [0.29, 0.717) is 6.54 Å². The van der Waals surface area contributed by atoms with E-state index in [4.69, 9.17) is 4.74 Å². The standard InChI is InChI=1S/C18H21NO4/c1-18(2)9-14(20)13(16(21)15(18)17(22)23-3)11-19-10-12-7-5-4-6-8-12/h4-8,11,15,21H,9-10H2,1-3H3/t15-/m1/s1. The zero-order valence-electron chi connectivity index (χ0n) is 13.6. The third-order valence-electron chi connectivity index (χ3n) is 4.02. The number of ketones is 1.